The maximum atomic E-state index is 11.4. The van der Waals surface area contributed by atoms with E-state index in [-0.39, 0.29) is 18.1 Å². The number of fused-ring (bicyclic) bond motifs is 1. The van der Waals surface area contributed by atoms with Crippen LogP contribution in [0.25, 0.3) is 0 Å². The second-order valence-corrected chi connectivity index (χ2v) is 5.66. The molecule has 0 radical (unpaired) electrons. The predicted molar refractivity (Wildman–Crippen MR) is 80.7 cm³/mol. The van der Waals surface area contributed by atoms with Crippen LogP contribution in [0.4, 0.5) is 0 Å². The molecule has 1 aromatic rings. The van der Waals surface area contributed by atoms with E-state index in [0.29, 0.717) is 30.0 Å². The zero-order valence-electron chi connectivity index (χ0n) is 12.2. The highest BCUT2D eigenvalue weighted by Crippen LogP contribution is 2.35. The highest BCUT2D eigenvalue weighted by Gasteiger charge is 2.28. The number of benzene rings is 1. The highest BCUT2D eigenvalue weighted by atomic mass is 16.5. The second-order valence-electron chi connectivity index (χ2n) is 5.66. The van der Waals surface area contributed by atoms with Crippen molar-refractivity contribution < 1.29 is 19.4 Å². The summed E-state index contributed by atoms with van der Waals surface area (Å²) < 4.78 is 11.5. The molecular formula is C16H20N2O4. The first-order chi connectivity index (χ1) is 10.6. The standard InChI is InChI=1S/C16H20N2O4/c17-16(20)12-2-1-3-14-15(12)21-7-5-11(22-14)8-10-4-6-18-9-13(10)19/h1-3,5,7,10-11,13,18-19H,4,6,8-9H2,(H2,17,20). The molecule has 3 rings (SSSR count). The van der Waals surface area contributed by atoms with Crippen molar-refractivity contribution in [1.29, 1.82) is 0 Å². The SMILES string of the molecule is NC(=O)c1cccc2c1OC=CC(CC1CCNCC1O)O2. The van der Waals surface area contributed by atoms with E-state index < -0.39 is 5.91 Å². The van der Waals surface area contributed by atoms with Gasteiger partial charge in [-0.3, -0.25) is 4.79 Å². The molecule has 4 N–H and O–H groups in total. The summed E-state index contributed by atoms with van der Waals surface area (Å²) in [5.41, 5.74) is 5.65. The number of aliphatic hydroxyl groups is 1. The molecule has 3 atom stereocenters. The molecule has 0 spiro atoms. The molecule has 2 heterocycles. The molecule has 6 nitrogen and oxygen atoms in total. The Hall–Kier alpha value is -2.05. The molecule has 1 amide bonds. The summed E-state index contributed by atoms with van der Waals surface area (Å²) in [4.78, 5) is 11.4. The molecule has 3 unspecified atom stereocenters. The van der Waals surface area contributed by atoms with Crippen LogP contribution in [-0.2, 0) is 0 Å². The lowest BCUT2D eigenvalue weighted by Gasteiger charge is -2.30. The van der Waals surface area contributed by atoms with Crippen LogP contribution in [0, 0.1) is 5.92 Å². The van der Waals surface area contributed by atoms with Gasteiger partial charge in [-0.15, -0.1) is 0 Å². The number of carbonyl (C=O) groups is 1. The van der Waals surface area contributed by atoms with Gasteiger partial charge in [-0.1, -0.05) is 6.07 Å². The Morgan fingerprint density at radius 3 is 3.09 bits per heavy atom. The molecule has 2 aliphatic heterocycles. The number of para-hydroxylation sites is 1. The molecule has 0 aromatic heterocycles. The van der Waals surface area contributed by atoms with Gasteiger partial charge in [0.05, 0.1) is 17.9 Å². The van der Waals surface area contributed by atoms with E-state index in [1.807, 2.05) is 0 Å². The van der Waals surface area contributed by atoms with Crippen LogP contribution in [0.15, 0.2) is 30.5 Å². The van der Waals surface area contributed by atoms with Crippen LogP contribution >= 0.6 is 0 Å². The molecule has 1 aromatic carbocycles. The van der Waals surface area contributed by atoms with Gasteiger partial charge in [0.2, 0.25) is 0 Å². The van der Waals surface area contributed by atoms with E-state index in [1.165, 1.54) is 6.26 Å². The van der Waals surface area contributed by atoms with Crippen molar-refractivity contribution in [1.82, 2.24) is 5.32 Å². The fourth-order valence-electron chi connectivity index (χ4n) is 2.92. The molecule has 1 fully saturated rings. The van der Waals surface area contributed by atoms with Gasteiger partial charge >= 0.3 is 0 Å². The third-order valence-corrected chi connectivity index (χ3v) is 4.13. The van der Waals surface area contributed by atoms with Crippen molar-refractivity contribution in [2.24, 2.45) is 11.7 Å². The van der Waals surface area contributed by atoms with Gasteiger partial charge in [-0.2, -0.15) is 0 Å². The summed E-state index contributed by atoms with van der Waals surface area (Å²) in [5, 5.41) is 13.2. The van der Waals surface area contributed by atoms with E-state index in [4.69, 9.17) is 15.2 Å². The second kappa shape index (κ2) is 6.37. The minimum atomic E-state index is -0.555. The Kier molecular flexibility index (Phi) is 4.31. The Balaban J connectivity index is 1.77. The molecule has 2 aliphatic rings. The van der Waals surface area contributed by atoms with Crippen LogP contribution < -0.4 is 20.5 Å². The number of rotatable bonds is 3. The van der Waals surface area contributed by atoms with Gasteiger partial charge in [0.25, 0.3) is 5.91 Å². The third kappa shape index (κ3) is 3.08. The monoisotopic (exact) mass is 304 g/mol. The number of carbonyl (C=O) groups excluding carboxylic acids is 1. The predicted octanol–water partition coefficient (Wildman–Crippen LogP) is 0.799. The fourth-order valence-corrected chi connectivity index (χ4v) is 2.92. The number of hydrogen-bond donors (Lipinski definition) is 3. The van der Waals surface area contributed by atoms with Crippen molar-refractivity contribution >= 4 is 5.91 Å². The normalized spacial score (nSPS) is 27.2. The Bertz CT molecular complexity index is 588. The van der Waals surface area contributed by atoms with E-state index in [0.717, 1.165) is 13.0 Å². The van der Waals surface area contributed by atoms with Gasteiger partial charge < -0.3 is 25.6 Å². The van der Waals surface area contributed by atoms with E-state index in [9.17, 15) is 9.90 Å². The van der Waals surface area contributed by atoms with Gasteiger partial charge in [0, 0.05) is 6.54 Å². The van der Waals surface area contributed by atoms with Crippen molar-refractivity contribution in [2.45, 2.75) is 25.0 Å². The number of piperidine rings is 1. The number of β-amino-alcohol motifs (C(OH)–C–C–N with tert-alkyl or cyclic N) is 1. The van der Waals surface area contributed by atoms with E-state index in [1.54, 1.807) is 24.3 Å². The fraction of sp³-hybridized carbons (Fsp3) is 0.438. The quantitative estimate of drug-likeness (QED) is 0.768. The average molecular weight is 304 g/mol. The summed E-state index contributed by atoms with van der Waals surface area (Å²) in [6.45, 7) is 1.51. The largest absolute Gasteiger partial charge is 0.482 e. The van der Waals surface area contributed by atoms with Gasteiger partial charge in [-0.25, -0.2) is 0 Å². The van der Waals surface area contributed by atoms with Gasteiger partial charge in [0.1, 0.15) is 6.10 Å². The summed E-state index contributed by atoms with van der Waals surface area (Å²) in [6.07, 6.45) is 4.36. The van der Waals surface area contributed by atoms with Crippen LogP contribution in [0.2, 0.25) is 0 Å². The third-order valence-electron chi connectivity index (χ3n) is 4.13. The number of ether oxygens (including phenoxy) is 2. The minimum Gasteiger partial charge on any atom is -0.482 e. The highest BCUT2D eigenvalue weighted by molar-refractivity contribution is 5.96. The average Bonchev–Trinajstić information content (AvgIpc) is 2.70. The lowest BCUT2D eigenvalue weighted by Crippen LogP contribution is -2.42. The lowest BCUT2D eigenvalue weighted by molar-refractivity contribution is 0.0586. The number of aliphatic hydroxyl groups excluding tert-OH is 1. The molecule has 0 bridgehead atoms. The van der Waals surface area contributed by atoms with E-state index >= 15 is 0 Å². The van der Waals surface area contributed by atoms with Crippen molar-refractivity contribution in [3.05, 3.63) is 36.1 Å². The minimum absolute atomic E-state index is 0.178. The smallest absolute Gasteiger partial charge is 0.252 e. The van der Waals surface area contributed by atoms with Crippen LogP contribution in [0.1, 0.15) is 23.2 Å². The Labute approximate surface area is 128 Å². The summed E-state index contributed by atoms with van der Waals surface area (Å²) in [5.74, 6) is 0.465. The van der Waals surface area contributed by atoms with Crippen molar-refractivity contribution in [3.8, 4) is 11.5 Å². The maximum Gasteiger partial charge on any atom is 0.252 e. The van der Waals surface area contributed by atoms with E-state index in [2.05, 4.69) is 5.32 Å². The zero-order chi connectivity index (χ0) is 15.5. The van der Waals surface area contributed by atoms with Gasteiger partial charge in [-0.05, 0) is 43.5 Å². The zero-order valence-corrected chi connectivity index (χ0v) is 12.2. The molecule has 22 heavy (non-hydrogen) atoms. The number of amides is 1. The first-order valence-electron chi connectivity index (χ1n) is 7.46. The van der Waals surface area contributed by atoms with Crippen LogP contribution in [-0.4, -0.2) is 36.3 Å². The topological polar surface area (TPSA) is 93.8 Å². The first kappa shape index (κ1) is 14.9. The van der Waals surface area contributed by atoms with Crippen LogP contribution in [0.5, 0.6) is 11.5 Å². The number of hydrogen-bond acceptors (Lipinski definition) is 5. The lowest BCUT2D eigenvalue weighted by atomic mass is 9.89. The molecular weight excluding hydrogens is 284 g/mol. The number of primary amides is 1. The summed E-state index contributed by atoms with van der Waals surface area (Å²) in [7, 11) is 0. The van der Waals surface area contributed by atoms with Crippen LogP contribution in [0.3, 0.4) is 0 Å². The first-order valence-corrected chi connectivity index (χ1v) is 7.46. The molecule has 0 aliphatic carbocycles. The van der Waals surface area contributed by atoms with Gasteiger partial charge in [0.15, 0.2) is 11.5 Å². The maximum absolute atomic E-state index is 11.4. The summed E-state index contributed by atoms with van der Waals surface area (Å²) in [6, 6.07) is 5.07. The number of nitrogens with two attached hydrogens (primary N) is 1. The van der Waals surface area contributed by atoms with Crippen molar-refractivity contribution in [2.75, 3.05) is 13.1 Å². The summed E-state index contributed by atoms with van der Waals surface area (Å²) >= 11 is 0. The molecule has 6 heteroatoms. The molecule has 0 saturated carbocycles. The molecule has 1 saturated heterocycles. The Morgan fingerprint density at radius 1 is 1.45 bits per heavy atom. The number of nitrogens with one attached hydrogen (secondary N) is 1. The molecule has 118 valence electrons. The van der Waals surface area contributed by atoms with Crippen molar-refractivity contribution in [3.63, 3.8) is 0 Å². The Morgan fingerprint density at radius 2 is 2.32 bits per heavy atom.